The monoisotopic (exact) mass is 569 g/mol. The van der Waals surface area contributed by atoms with Gasteiger partial charge in [-0.05, 0) is 94.0 Å². The summed E-state index contributed by atoms with van der Waals surface area (Å²) in [4.78, 5) is 41.5. The second kappa shape index (κ2) is 12.2. The zero-order chi connectivity index (χ0) is 30.0. The van der Waals surface area contributed by atoms with Crippen molar-refractivity contribution in [2.45, 2.75) is 116 Å². The van der Waals surface area contributed by atoms with Crippen LogP contribution >= 0.6 is 0 Å². The van der Waals surface area contributed by atoms with E-state index in [1.807, 2.05) is 6.92 Å². The highest BCUT2D eigenvalue weighted by atomic mass is 16.6. The summed E-state index contributed by atoms with van der Waals surface area (Å²) in [5, 5.41) is 29.8. The molecule has 0 spiro atoms. The first-order chi connectivity index (χ1) is 19.4. The van der Waals surface area contributed by atoms with Crippen molar-refractivity contribution in [3.8, 4) is 12.3 Å². The molecule has 0 heterocycles. The van der Waals surface area contributed by atoms with Gasteiger partial charge in [-0.15, -0.1) is 6.42 Å². The van der Waals surface area contributed by atoms with Gasteiger partial charge in [0.25, 0.3) is 5.91 Å². The number of terminal acetylenes is 1. The van der Waals surface area contributed by atoms with E-state index in [0.717, 1.165) is 57.1 Å². The lowest BCUT2D eigenvalue weighted by atomic mass is 9.46. The summed E-state index contributed by atoms with van der Waals surface area (Å²) < 4.78 is 0. The standard InChI is InChI=1S/C32H47N3O6/c1-6-8-9-26(29(38)39)34-28(37)20(3)33-27(36)19-41-35-22-12-15-30(4)21(18-22)10-11-23-24(30)13-16-31(5)25(23)14-17-32(31,40)7-2/h2,18,20,23-26,40H,6,8-17,19H2,1,3-5H3,(H,33,36)(H,34,37)(H,38,39)/t20?,23?,24?,25?,26?,30-,31-,32+/m0/s1. The van der Waals surface area contributed by atoms with E-state index >= 15 is 0 Å². The lowest BCUT2D eigenvalue weighted by molar-refractivity contribution is -0.142. The van der Waals surface area contributed by atoms with Crippen molar-refractivity contribution in [2.24, 2.45) is 33.7 Å². The molecule has 9 nitrogen and oxygen atoms in total. The Bertz CT molecular complexity index is 1140. The van der Waals surface area contributed by atoms with E-state index in [9.17, 15) is 24.6 Å². The van der Waals surface area contributed by atoms with Crippen LogP contribution < -0.4 is 10.6 Å². The van der Waals surface area contributed by atoms with Gasteiger partial charge >= 0.3 is 5.97 Å². The van der Waals surface area contributed by atoms with E-state index < -0.39 is 35.5 Å². The Labute approximate surface area is 243 Å². The van der Waals surface area contributed by atoms with Gasteiger partial charge in [-0.25, -0.2) is 4.79 Å². The summed E-state index contributed by atoms with van der Waals surface area (Å²) in [6.07, 6.45) is 17.3. The largest absolute Gasteiger partial charge is 0.480 e. The van der Waals surface area contributed by atoms with E-state index in [1.165, 1.54) is 12.5 Å². The van der Waals surface area contributed by atoms with Crippen molar-refractivity contribution in [3.63, 3.8) is 0 Å². The van der Waals surface area contributed by atoms with Crippen molar-refractivity contribution in [1.29, 1.82) is 0 Å². The minimum atomic E-state index is -1.09. The predicted octanol–water partition coefficient (Wildman–Crippen LogP) is 3.95. The lowest BCUT2D eigenvalue weighted by Gasteiger charge is -2.58. The van der Waals surface area contributed by atoms with Crippen LogP contribution in [0.3, 0.4) is 0 Å². The Balaban J connectivity index is 1.31. The van der Waals surface area contributed by atoms with Gasteiger partial charge in [-0.2, -0.15) is 0 Å². The highest BCUT2D eigenvalue weighted by molar-refractivity contribution is 5.96. The topological polar surface area (TPSA) is 137 Å². The Morgan fingerprint density at radius 1 is 1.15 bits per heavy atom. The Morgan fingerprint density at radius 2 is 1.88 bits per heavy atom. The molecule has 5 unspecified atom stereocenters. The second-order valence-electron chi connectivity index (χ2n) is 13.2. The van der Waals surface area contributed by atoms with Crippen LogP contribution in [-0.4, -0.2) is 58.0 Å². The number of hydrogen-bond donors (Lipinski definition) is 4. The van der Waals surface area contributed by atoms with Crippen LogP contribution in [0.4, 0.5) is 0 Å². The molecule has 4 rings (SSSR count). The number of unbranched alkanes of at least 4 members (excludes halogenated alkanes) is 1. The first-order valence-corrected chi connectivity index (χ1v) is 15.3. The van der Waals surface area contributed by atoms with E-state index in [0.29, 0.717) is 37.0 Å². The average molecular weight is 570 g/mol. The van der Waals surface area contributed by atoms with Crippen molar-refractivity contribution in [3.05, 3.63) is 11.6 Å². The maximum Gasteiger partial charge on any atom is 0.326 e. The molecule has 4 aliphatic carbocycles. The second-order valence-corrected chi connectivity index (χ2v) is 13.2. The molecule has 0 bridgehead atoms. The normalized spacial score (nSPS) is 36.4. The van der Waals surface area contributed by atoms with Crippen LogP contribution in [0, 0.1) is 40.9 Å². The highest BCUT2D eigenvalue weighted by Crippen LogP contribution is 2.67. The predicted molar refractivity (Wildman–Crippen MR) is 156 cm³/mol. The first-order valence-electron chi connectivity index (χ1n) is 15.3. The van der Waals surface area contributed by atoms with Gasteiger partial charge in [0.2, 0.25) is 5.91 Å². The molecule has 0 aromatic carbocycles. The first kappa shape index (κ1) is 31.1. The molecule has 0 aromatic heterocycles. The van der Waals surface area contributed by atoms with E-state index in [2.05, 4.69) is 41.6 Å². The summed E-state index contributed by atoms with van der Waals surface area (Å²) in [6, 6.07) is -1.88. The third-order valence-corrected chi connectivity index (χ3v) is 11.0. The zero-order valence-corrected chi connectivity index (χ0v) is 25.0. The van der Waals surface area contributed by atoms with Crippen LogP contribution in [0.25, 0.3) is 0 Å². The fraction of sp³-hybridized carbons (Fsp3) is 0.750. The Hall–Kier alpha value is -2.86. The number of aliphatic carboxylic acids is 1. The van der Waals surface area contributed by atoms with Crippen molar-refractivity contribution < 1.29 is 29.4 Å². The molecule has 0 aliphatic heterocycles. The van der Waals surface area contributed by atoms with Gasteiger partial charge in [0.05, 0.1) is 5.71 Å². The fourth-order valence-corrected chi connectivity index (χ4v) is 8.38. The number of carboxylic acids is 1. The molecule has 2 amide bonds. The molecule has 3 saturated carbocycles. The van der Waals surface area contributed by atoms with E-state index in [1.54, 1.807) is 0 Å². The van der Waals surface area contributed by atoms with Gasteiger partial charge < -0.3 is 25.7 Å². The lowest BCUT2D eigenvalue weighted by Crippen LogP contribution is -2.54. The van der Waals surface area contributed by atoms with Crippen LogP contribution in [0.1, 0.15) is 98.3 Å². The number of allylic oxidation sites excluding steroid dienone is 2. The third kappa shape index (κ3) is 5.90. The summed E-state index contributed by atoms with van der Waals surface area (Å²) in [6.45, 7) is 7.72. The van der Waals surface area contributed by atoms with Crippen LogP contribution in [0.2, 0.25) is 0 Å². The molecule has 9 heteroatoms. The summed E-state index contributed by atoms with van der Waals surface area (Å²) >= 11 is 0. The molecule has 4 N–H and O–H groups in total. The van der Waals surface area contributed by atoms with Gasteiger partial charge in [-0.3, -0.25) is 9.59 Å². The smallest absolute Gasteiger partial charge is 0.326 e. The van der Waals surface area contributed by atoms with Gasteiger partial charge in [-0.1, -0.05) is 50.3 Å². The molecule has 0 radical (unpaired) electrons. The molecular formula is C32H47N3O6. The number of nitrogens with zero attached hydrogens (tertiary/aromatic N) is 1. The number of oxime groups is 1. The highest BCUT2D eigenvalue weighted by Gasteiger charge is 2.63. The molecule has 0 saturated heterocycles. The number of carbonyl (C=O) groups is 3. The van der Waals surface area contributed by atoms with Gasteiger partial charge in [0, 0.05) is 5.41 Å². The number of amides is 2. The summed E-state index contributed by atoms with van der Waals surface area (Å²) in [7, 11) is 0. The molecule has 8 atom stereocenters. The van der Waals surface area contributed by atoms with Crippen LogP contribution in [0.5, 0.6) is 0 Å². The maximum atomic E-state index is 12.4. The Kier molecular flexibility index (Phi) is 9.22. The van der Waals surface area contributed by atoms with E-state index in [-0.39, 0.29) is 17.4 Å². The number of hydrogen-bond acceptors (Lipinski definition) is 6. The zero-order valence-electron chi connectivity index (χ0n) is 25.0. The van der Waals surface area contributed by atoms with Crippen molar-refractivity contribution in [1.82, 2.24) is 10.6 Å². The average Bonchev–Trinajstić information content (AvgIpc) is 3.21. The molecule has 41 heavy (non-hydrogen) atoms. The van der Waals surface area contributed by atoms with E-state index in [4.69, 9.17) is 11.3 Å². The summed E-state index contributed by atoms with van der Waals surface area (Å²) in [5.74, 6) is 2.19. The number of carboxylic acid groups (broad SMARTS) is 1. The van der Waals surface area contributed by atoms with Gasteiger partial charge in [0.1, 0.15) is 17.7 Å². The molecular weight excluding hydrogens is 522 g/mol. The number of carbonyl (C=O) groups excluding carboxylic acids is 2. The van der Waals surface area contributed by atoms with Gasteiger partial charge in [0.15, 0.2) is 6.61 Å². The van der Waals surface area contributed by atoms with Crippen LogP contribution in [-0.2, 0) is 19.2 Å². The number of aliphatic hydroxyl groups is 1. The molecule has 3 fully saturated rings. The van der Waals surface area contributed by atoms with Crippen molar-refractivity contribution in [2.75, 3.05) is 6.61 Å². The van der Waals surface area contributed by atoms with Crippen molar-refractivity contribution >= 4 is 23.5 Å². The van der Waals surface area contributed by atoms with Crippen LogP contribution in [0.15, 0.2) is 16.8 Å². The summed E-state index contributed by atoms with van der Waals surface area (Å²) in [5.41, 5.74) is 1.10. The maximum absolute atomic E-state index is 12.4. The quantitative estimate of drug-likeness (QED) is 0.232. The fourth-order valence-electron chi connectivity index (χ4n) is 8.38. The molecule has 226 valence electrons. The molecule has 0 aromatic rings. The number of fused-ring (bicyclic) bond motifs is 5. The number of rotatable bonds is 10. The minimum absolute atomic E-state index is 0.0885. The number of nitrogens with one attached hydrogen (secondary N) is 2. The third-order valence-electron chi connectivity index (χ3n) is 11.0. The molecule has 4 aliphatic rings. The minimum Gasteiger partial charge on any atom is -0.480 e. The Morgan fingerprint density at radius 3 is 2.56 bits per heavy atom. The SMILES string of the molecule is C#C[C@@]1(O)CCC2C3CCC4=CC(=NOCC(=O)NC(C)C(=O)NC(CCCC)C(=O)O)CC[C@]4(C)C3CC[C@@]21C.